The number of carbonyl (C=O) groups excluding carboxylic acids is 1. The van der Waals surface area contributed by atoms with Crippen molar-refractivity contribution >= 4 is 5.91 Å². The molecular weight excluding hydrogens is 192 g/mol. The smallest absolute Gasteiger partial charge is 0.252 e. The maximum Gasteiger partial charge on any atom is 0.252 e. The third kappa shape index (κ3) is 2.94. The van der Waals surface area contributed by atoms with E-state index in [-0.39, 0.29) is 17.5 Å². The minimum atomic E-state index is -0.157. The Morgan fingerprint density at radius 2 is 2.27 bits per heavy atom. The molecule has 4 nitrogen and oxygen atoms in total. The van der Waals surface area contributed by atoms with Gasteiger partial charge >= 0.3 is 0 Å². The summed E-state index contributed by atoms with van der Waals surface area (Å²) in [6.45, 7) is 5.62. The summed E-state index contributed by atoms with van der Waals surface area (Å²) in [5, 5.41) is 2.83. The first kappa shape index (κ1) is 11.5. The van der Waals surface area contributed by atoms with Crippen LogP contribution in [0.2, 0.25) is 0 Å². The van der Waals surface area contributed by atoms with E-state index < -0.39 is 0 Å². The van der Waals surface area contributed by atoms with Crippen LogP contribution in [0.15, 0.2) is 17.1 Å². The molecule has 0 aliphatic carbocycles. The minimum absolute atomic E-state index is 0.143. The molecule has 0 spiro atoms. The Kier molecular flexibility index (Phi) is 3.66. The number of aromatic nitrogens is 1. The van der Waals surface area contributed by atoms with E-state index in [0.717, 1.165) is 6.42 Å². The molecule has 0 saturated carbocycles. The molecule has 0 bridgehead atoms. The zero-order valence-corrected chi connectivity index (χ0v) is 9.26. The largest absolute Gasteiger partial charge is 0.350 e. The molecular formula is C11H16N2O2. The van der Waals surface area contributed by atoms with Crippen LogP contribution in [-0.4, -0.2) is 16.9 Å². The van der Waals surface area contributed by atoms with Crippen molar-refractivity contribution in [2.45, 2.75) is 33.2 Å². The maximum atomic E-state index is 11.6. The van der Waals surface area contributed by atoms with Crippen molar-refractivity contribution in [3.63, 3.8) is 0 Å². The Labute approximate surface area is 88.7 Å². The molecule has 0 aliphatic heterocycles. The summed E-state index contributed by atoms with van der Waals surface area (Å²) < 4.78 is 0. The molecule has 1 heterocycles. The third-order valence-electron chi connectivity index (χ3n) is 2.34. The van der Waals surface area contributed by atoms with Gasteiger partial charge in [0.1, 0.15) is 0 Å². The number of H-pyrrole nitrogens is 1. The van der Waals surface area contributed by atoms with Gasteiger partial charge in [0.2, 0.25) is 0 Å². The standard InChI is InChI=1S/C11H16N2O2/c1-4-8(3)13-11(15)9-5-7(2)10(14)12-6-9/h5-6,8H,4H2,1-3H3,(H,12,14)(H,13,15). The zero-order chi connectivity index (χ0) is 11.4. The lowest BCUT2D eigenvalue weighted by Gasteiger charge is -2.11. The first-order valence-electron chi connectivity index (χ1n) is 5.04. The predicted molar refractivity (Wildman–Crippen MR) is 59.0 cm³/mol. The molecule has 15 heavy (non-hydrogen) atoms. The fraction of sp³-hybridized carbons (Fsp3) is 0.455. The predicted octanol–water partition coefficient (Wildman–Crippen LogP) is 1.21. The summed E-state index contributed by atoms with van der Waals surface area (Å²) in [5.41, 5.74) is 0.884. The van der Waals surface area contributed by atoms with Gasteiger partial charge in [-0.25, -0.2) is 0 Å². The molecule has 1 amide bonds. The topological polar surface area (TPSA) is 62.0 Å². The van der Waals surface area contributed by atoms with E-state index in [2.05, 4.69) is 10.3 Å². The quantitative estimate of drug-likeness (QED) is 0.784. The molecule has 1 rings (SSSR count). The highest BCUT2D eigenvalue weighted by molar-refractivity contribution is 5.94. The van der Waals surface area contributed by atoms with Crippen molar-refractivity contribution in [1.29, 1.82) is 0 Å². The molecule has 1 unspecified atom stereocenters. The number of amides is 1. The highest BCUT2D eigenvalue weighted by Gasteiger charge is 2.09. The molecule has 82 valence electrons. The summed E-state index contributed by atoms with van der Waals surface area (Å²) in [6, 6.07) is 1.74. The van der Waals surface area contributed by atoms with Crippen molar-refractivity contribution in [3.05, 3.63) is 33.7 Å². The van der Waals surface area contributed by atoms with Gasteiger partial charge < -0.3 is 10.3 Å². The average molecular weight is 208 g/mol. The Balaban J connectivity index is 2.83. The van der Waals surface area contributed by atoms with Crippen molar-refractivity contribution < 1.29 is 4.79 Å². The molecule has 0 fully saturated rings. The first-order valence-corrected chi connectivity index (χ1v) is 5.04. The van der Waals surface area contributed by atoms with Crippen LogP contribution in [0.5, 0.6) is 0 Å². The number of nitrogens with one attached hydrogen (secondary N) is 2. The van der Waals surface area contributed by atoms with E-state index in [4.69, 9.17) is 0 Å². The lowest BCUT2D eigenvalue weighted by atomic mass is 10.2. The van der Waals surface area contributed by atoms with E-state index in [1.165, 1.54) is 6.20 Å². The molecule has 2 N–H and O–H groups in total. The van der Waals surface area contributed by atoms with Gasteiger partial charge in [-0.15, -0.1) is 0 Å². The molecule has 0 saturated heterocycles. The van der Waals surface area contributed by atoms with Crippen molar-refractivity contribution in [2.24, 2.45) is 0 Å². The molecule has 4 heteroatoms. The normalized spacial score (nSPS) is 12.2. The summed E-state index contributed by atoms with van der Waals surface area (Å²) >= 11 is 0. The SMILES string of the molecule is CCC(C)NC(=O)c1c[nH]c(=O)c(C)c1. The third-order valence-corrected chi connectivity index (χ3v) is 2.34. The van der Waals surface area contributed by atoms with Gasteiger partial charge in [-0.3, -0.25) is 9.59 Å². The monoisotopic (exact) mass is 208 g/mol. The van der Waals surface area contributed by atoms with Crippen LogP contribution in [0.4, 0.5) is 0 Å². The summed E-state index contributed by atoms with van der Waals surface area (Å²) in [4.78, 5) is 25.3. The fourth-order valence-electron chi connectivity index (χ4n) is 1.14. The first-order chi connectivity index (χ1) is 7.04. The Hall–Kier alpha value is -1.58. The van der Waals surface area contributed by atoms with E-state index >= 15 is 0 Å². The van der Waals surface area contributed by atoms with E-state index in [1.54, 1.807) is 13.0 Å². The highest BCUT2D eigenvalue weighted by Crippen LogP contribution is 1.99. The Morgan fingerprint density at radius 3 is 2.80 bits per heavy atom. The summed E-state index contributed by atoms with van der Waals surface area (Å²) in [7, 11) is 0. The second-order valence-electron chi connectivity index (χ2n) is 3.68. The molecule has 0 aromatic carbocycles. The lowest BCUT2D eigenvalue weighted by Crippen LogP contribution is -2.32. The lowest BCUT2D eigenvalue weighted by molar-refractivity contribution is 0.0939. The van der Waals surface area contributed by atoms with Crippen molar-refractivity contribution in [3.8, 4) is 0 Å². The Morgan fingerprint density at radius 1 is 1.60 bits per heavy atom. The van der Waals surface area contributed by atoms with E-state index in [9.17, 15) is 9.59 Å². The van der Waals surface area contributed by atoms with Gasteiger partial charge in [0.05, 0.1) is 5.56 Å². The second-order valence-corrected chi connectivity index (χ2v) is 3.68. The maximum absolute atomic E-state index is 11.6. The number of pyridine rings is 1. The van der Waals surface area contributed by atoms with Gasteiger partial charge in [-0.1, -0.05) is 6.92 Å². The molecule has 1 atom stereocenters. The van der Waals surface area contributed by atoms with Gasteiger partial charge in [-0.2, -0.15) is 0 Å². The van der Waals surface area contributed by atoms with Gasteiger partial charge in [0, 0.05) is 17.8 Å². The fourth-order valence-corrected chi connectivity index (χ4v) is 1.14. The minimum Gasteiger partial charge on any atom is -0.350 e. The molecule has 0 aliphatic rings. The van der Waals surface area contributed by atoms with Crippen LogP contribution in [0.1, 0.15) is 36.2 Å². The number of aromatic amines is 1. The number of hydrogen-bond acceptors (Lipinski definition) is 2. The van der Waals surface area contributed by atoms with Gasteiger partial charge in [0.15, 0.2) is 0 Å². The van der Waals surface area contributed by atoms with Crippen LogP contribution in [0.25, 0.3) is 0 Å². The van der Waals surface area contributed by atoms with Gasteiger partial charge in [0.25, 0.3) is 11.5 Å². The summed E-state index contributed by atoms with van der Waals surface area (Å²) in [5.74, 6) is -0.149. The highest BCUT2D eigenvalue weighted by atomic mass is 16.2. The second kappa shape index (κ2) is 4.77. The number of rotatable bonds is 3. The van der Waals surface area contributed by atoms with Crippen LogP contribution in [-0.2, 0) is 0 Å². The molecule has 1 aromatic rings. The number of carbonyl (C=O) groups is 1. The number of hydrogen-bond donors (Lipinski definition) is 2. The van der Waals surface area contributed by atoms with Crippen LogP contribution in [0.3, 0.4) is 0 Å². The summed E-state index contributed by atoms with van der Waals surface area (Å²) in [6.07, 6.45) is 2.32. The van der Waals surface area contributed by atoms with Crippen molar-refractivity contribution in [1.82, 2.24) is 10.3 Å². The van der Waals surface area contributed by atoms with Crippen LogP contribution >= 0.6 is 0 Å². The zero-order valence-electron chi connectivity index (χ0n) is 9.26. The van der Waals surface area contributed by atoms with Crippen LogP contribution in [0, 0.1) is 6.92 Å². The van der Waals surface area contributed by atoms with Gasteiger partial charge in [-0.05, 0) is 26.3 Å². The van der Waals surface area contributed by atoms with Crippen LogP contribution < -0.4 is 10.9 Å². The van der Waals surface area contributed by atoms with Crippen molar-refractivity contribution in [2.75, 3.05) is 0 Å². The Bertz CT molecular complexity index is 409. The molecule has 0 radical (unpaired) electrons. The van der Waals surface area contributed by atoms with E-state index in [0.29, 0.717) is 11.1 Å². The van der Waals surface area contributed by atoms with E-state index in [1.807, 2.05) is 13.8 Å². The molecule has 1 aromatic heterocycles. The number of aryl methyl sites for hydroxylation is 1. The average Bonchev–Trinajstić information content (AvgIpc) is 2.21.